The van der Waals surface area contributed by atoms with E-state index in [2.05, 4.69) is 10.1 Å². The quantitative estimate of drug-likeness (QED) is 0.808. The Balaban J connectivity index is 1.79. The van der Waals surface area contributed by atoms with E-state index >= 15 is 0 Å². The average molecular weight is 251 g/mol. The third-order valence-electron chi connectivity index (χ3n) is 4.17. The maximum atomic E-state index is 11.5. The Labute approximate surface area is 105 Å². The van der Waals surface area contributed by atoms with Gasteiger partial charge in [-0.25, -0.2) is 4.79 Å². The van der Waals surface area contributed by atoms with Crippen LogP contribution in [-0.4, -0.2) is 28.8 Å². The summed E-state index contributed by atoms with van der Waals surface area (Å²) in [5, 5.41) is 3.68. The smallest absolute Gasteiger partial charge is 0.379 e. The van der Waals surface area contributed by atoms with Crippen molar-refractivity contribution in [3.8, 4) is 0 Å². The van der Waals surface area contributed by atoms with Crippen LogP contribution in [0.5, 0.6) is 0 Å². The molecule has 2 bridgehead atoms. The van der Waals surface area contributed by atoms with Crippen molar-refractivity contribution in [2.24, 2.45) is 17.6 Å². The zero-order chi connectivity index (χ0) is 12.7. The molecule has 2 aliphatic carbocycles. The van der Waals surface area contributed by atoms with Gasteiger partial charge < -0.3 is 15.0 Å². The highest BCUT2D eigenvalue weighted by atomic mass is 16.5. The van der Waals surface area contributed by atoms with Gasteiger partial charge in [0.05, 0.1) is 12.5 Å². The minimum absolute atomic E-state index is 0.00169. The summed E-state index contributed by atoms with van der Waals surface area (Å²) >= 11 is 0. The molecule has 1 heterocycles. The molecule has 2 aliphatic rings. The second-order valence-electron chi connectivity index (χ2n) is 5.11. The number of ether oxygens (including phenoxy) is 1. The first-order valence-electron chi connectivity index (χ1n) is 6.47. The van der Waals surface area contributed by atoms with Crippen molar-refractivity contribution >= 4 is 5.97 Å². The number of esters is 1. The summed E-state index contributed by atoms with van der Waals surface area (Å²) in [4.78, 5) is 15.6. The van der Waals surface area contributed by atoms with Crippen LogP contribution in [0.3, 0.4) is 0 Å². The molecule has 0 saturated heterocycles. The van der Waals surface area contributed by atoms with E-state index in [9.17, 15) is 4.79 Å². The molecule has 1 aromatic rings. The van der Waals surface area contributed by atoms with Crippen LogP contribution in [-0.2, 0) is 4.74 Å². The Kier molecular flexibility index (Phi) is 2.81. The molecule has 0 spiro atoms. The van der Waals surface area contributed by atoms with Crippen molar-refractivity contribution in [2.45, 2.75) is 38.1 Å². The van der Waals surface area contributed by atoms with Crippen LogP contribution < -0.4 is 5.73 Å². The summed E-state index contributed by atoms with van der Waals surface area (Å²) in [6.45, 7) is 2.04. The number of fused-ring (bicyclic) bond motifs is 2. The normalized spacial score (nSPS) is 33.9. The fourth-order valence-corrected chi connectivity index (χ4v) is 3.35. The van der Waals surface area contributed by atoms with Gasteiger partial charge in [0.1, 0.15) is 0 Å². The van der Waals surface area contributed by atoms with Gasteiger partial charge in [-0.3, -0.25) is 0 Å². The fourth-order valence-electron chi connectivity index (χ4n) is 3.35. The molecule has 0 aliphatic heterocycles. The van der Waals surface area contributed by atoms with E-state index in [0.717, 1.165) is 6.42 Å². The Morgan fingerprint density at radius 3 is 2.94 bits per heavy atom. The first-order chi connectivity index (χ1) is 8.70. The van der Waals surface area contributed by atoms with Crippen LogP contribution in [0.4, 0.5) is 0 Å². The molecule has 18 heavy (non-hydrogen) atoms. The Bertz CT molecular complexity index is 457. The number of carbonyl (C=O) groups excluding carboxylic acids is 1. The highest BCUT2D eigenvalue weighted by Gasteiger charge is 2.49. The number of hydrogen-bond donors (Lipinski definition) is 1. The lowest BCUT2D eigenvalue weighted by Crippen LogP contribution is -2.34. The predicted octanol–water partition coefficient (Wildman–Crippen LogP) is 1.09. The highest BCUT2D eigenvalue weighted by Crippen LogP contribution is 2.51. The van der Waals surface area contributed by atoms with E-state index in [1.54, 1.807) is 6.92 Å². The molecule has 98 valence electrons. The molecule has 0 amide bonds. The van der Waals surface area contributed by atoms with Gasteiger partial charge in [-0.05, 0) is 43.2 Å². The minimum Gasteiger partial charge on any atom is -0.460 e. The van der Waals surface area contributed by atoms with E-state index in [1.165, 1.54) is 12.8 Å². The maximum absolute atomic E-state index is 11.5. The molecule has 1 aromatic heterocycles. The third kappa shape index (κ3) is 1.71. The maximum Gasteiger partial charge on any atom is 0.379 e. The summed E-state index contributed by atoms with van der Waals surface area (Å²) in [5.41, 5.74) is 6.20. The summed E-state index contributed by atoms with van der Waals surface area (Å²) in [6.07, 6.45) is 3.50. The van der Waals surface area contributed by atoms with Gasteiger partial charge in [0.2, 0.25) is 5.89 Å². The van der Waals surface area contributed by atoms with E-state index < -0.39 is 5.97 Å². The molecule has 2 fully saturated rings. The summed E-state index contributed by atoms with van der Waals surface area (Å²) in [5.74, 6) is 1.17. The molecule has 3 rings (SSSR count). The zero-order valence-corrected chi connectivity index (χ0v) is 10.3. The number of carbonyl (C=O) groups is 1. The summed E-state index contributed by atoms with van der Waals surface area (Å²) < 4.78 is 10.0. The first kappa shape index (κ1) is 11.6. The number of rotatable bonds is 3. The monoisotopic (exact) mass is 251 g/mol. The van der Waals surface area contributed by atoms with Crippen molar-refractivity contribution in [1.82, 2.24) is 10.1 Å². The number of aromatic nitrogens is 2. The average Bonchev–Trinajstić information content (AvgIpc) is 3.02. The van der Waals surface area contributed by atoms with Gasteiger partial charge in [-0.15, -0.1) is 0 Å². The van der Waals surface area contributed by atoms with Crippen molar-refractivity contribution in [3.63, 3.8) is 0 Å². The van der Waals surface area contributed by atoms with Crippen LogP contribution in [0.2, 0.25) is 0 Å². The van der Waals surface area contributed by atoms with Crippen LogP contribution >= 0.6 is 0 Å². The molecular formula is C12H17N3O3. The van der Waals surface area contributed by atoms with Crippen molar-refractivity contribution in [1.29, 1.82) is 0 Å². The molecule has 6 nitrogen and oxygen atoms in total. The summed E-state index contributed by atoms with van der Waals surface area (Å²) in [7, 11) is 0. The predicted molar refractivity (Wildman–Crippen MR) is 61.8 cm³/mol. The van der Waals surface area contributed by atoms with E-state index in [0.29, 0.717) is 24.3 Å². The molecule has 0 radical (unpaired) electrons. The fraction of sp³-hybridized carbons (Fsp3) is 0.750. The standard InChI is InChI=1S/C12H17N3O3/c1-2-17-12(16)10-14-11(18-15-10)8-6-3-4-7(5-6)9(8)13/h6-9H,2-5,13H2,1H3. The van der Waals surface area contributed by atoms with Crippen LogP contribution in [0.15, 0.2) is 4.52 Å². The highest BCUT2D eigenvalue weighted by molar-refractivity contribution is 5.84. The van der Waals surface area contributed by atoms with Crippen molar-refractivity contribution in [2.75, 3.05) is 6.61 Å². The second kappa shape index (κ2) is 4.35. The molecule has 2 N–H and O–H groups in total. The lowest BCUT2D eigenvalue weighted by Gasteiger charge is -2.24. The number of hydrogen-bond acceptors (Lipinski definition) is 6. The van der Waals surface area contributed by atoms with Crippen LogP contribution in [0, 0.1) is 11.8 Å². The zero-order valence-electron chi connectivity index (χ0n) is 10.3. The van der Waals surface area contributed by atoms with Gasteiger partial charge in [-0.2, -0.15) is 4.98 Å². The van der Waals surface area contributed by atoms with Crippen LogP contribution in [0.1, 0.15) is 48.6 Å². The number of nitrogens with two attached hydrogens (primary N) is 1. The van der Waals surface area contributed by atoms with Gasteiger partial charge in [0, 0.05) is 6.04 Å². The van der Waals surface area contributed by atoms with E-state index in [1.807, 2.05) is 0 Å². The minimum atomic E-state index is -0.538. The molecule has 4 atom stereocenters. The Morgan fingerprint density at radius 1 is 1.50 bits per heavy atom. The molecule has 0 aromatic carbocycles. The SMILES string of the molecule is CCOC(=O)c1noc(C2C3CCC(C3)C2N)n1. The van der Waals surface area contributed by atoms with Crippen molar-refractivity contribution < 1.29 is 14.1 Å². The molecular weight excluding hydrogens is 234 g/mol. The van der Waals surface area contributed by atoms with Crippen molar-refractivity contribution in [3.05, 3.63) is 11.7 Å². The van der Waals surface area contributed by atoms with Crippen LogP contribution in [0.25, 0.3) is 0 Å². The lowest BCUT2D eigenvalue weighted by atomic mass is 9.85. The Hall–Kier alpha value is -1.43. The molecule has 2 saturated carbocycles. The third-order valence-corrected chi connectivity index (χ3v) is 4.17. The summed E-state index contributed by atoms with van der Waals surface area (Å²) in [6, 6.07) is 0.0826. The molecule has 4 unspecified atom stereocenters. The molecule has 6 heteroatoms. The number of nitrogens with zero attached hydrogens (tertiary/aromatic N) is 2. The Morgan fingerprint density at radius 2 is 2.28 bits per heavy atom. The van der Waals surface area contributed by atoms with Gasteiger partial charge >= 0.3 is 5.97 Å². The van der Waals surface area contributed by atoms with Gasteiger partial charge in [0.15, 0.2) is 0 Å². The van der Waals surface area contributed by atoms with Gasteiger partial charge in [-0.1, -0.05) is 0 Å². The second-order valence-corrected chi connectivity index (χ2v) is 5.11. The lowest BCUT2D eigenvalue weighted by molar-refractivity contribution is 0.0508. The topological polar surface area (TPSA) is 91.2 Å². The first-order valence-corrected chi connectivity index (χ1v) is 6.47. The largest absolute Gasteiger partial charge is 0.460 e. The van der Waals surface area contributed by atoms with Gasteiger partial charge in [0.25, 0.3) is 5.82 Å². The van der Waals surface area contributed by atoms with E-state index in [4.69, 9.17) is 15.0 Å². The van der Waals surface area contributed by atoms with E-state index in [-0.39, 0.29) is 17.8 Å².